The summed E-state index contributed by atoms with van der Waals surface area (Å²) in [5.74, 6) is 1.37. The molecule has 0 N–H and O–H groups in total. The number of rotatable bonds is 9. The van der Waals surface area contributed by atoms with Crippen molar-refractivity contribution in [3.05, 3.63) is 291 Å². The van der Waals surface area contributed by atoms with Crippen LogP contribution in [0.15, 0.2) is 291 Å². The molecule has 18 aromatic rings. The third-order valence-electron chi connectivity index (χ3n) is 17.4. The minimum Gasteiger partial charge on any atom is -0.309 e. The van der Waals surface area contributed by atoms with Crippen LogP contribution in [0.3, 0.4) is 0 Å². The lowest BCUT2D eigenvalue weighted by Gasteiger charge is -2.12. The summed E-state index contributed by atoms with van der Waals surface area (Å²) in [6.07, 6.45) is 0. The molecular weight excluding hydrogens is 1110 g/mol. The SMILES string of the molecule is c1ccc(-c2cc(-c3ccccc3)nc(-c3ccc(-n4c5ccccc5c5c6sc7c(-c8cccc(-c9cc(-c%10ccc(-n%11c%12ccccc%12c%12c%13sc%14ccccc%14c%13ccc%12%11)cc%10)nc(-c%10ccccc%10)n9)c8)cccc7c6ccc54)cc3)n2)cc1. The Hall–Kier alpha value is -11.2. The van der Waals surface area contributed by atoms with Crippen LogP contribution in [0, 0.1) is 0 Å². The first-order valence-electron chi connectivity index (χ1n) is 29.6. The molecule has 12 aromatic carbocycles. The number of hydrogen-bond acceptors (Lipinski definition) is 6. The lowest BCUT2D eigenvalue weighted by Crippen LogP contribution is -1.97. The molecule has 410 valence electrons. The van der Waals surface area contributed by atoms with Gasteiger partial charge in [-0.25, -0.2) is 19.9 Å². The highest BCUT2D eigenvalue weighted by molar-refractivity contribution is 7.27. The van der Waals surface area contributed by atoms with Gasteiger partial charge >= 0.3 is 0 Å². The van der Waals surface area contributed by atoms with E-state index < -0.39 is 0 Å². The summed E-state index contributed by atoms with van der Waals surface area (Å²) in [4.78, 5) is 20.9. The third kappa shape index (κ3) is 8.14. The lowest BCUT2D eigenvalue weighted by molar-refractivity contribution is 1.16. The average Bonchev–Trinajstić information content (AvgIpc) is 1.73. The molecule has 6 aromatic heterocycles. The van der Waals surface area contributed by atoms with Crippen molar-refractivity contribution in [3.63, 3.8) is 0 Å². The maximum atomic E-state index is 5.32. The Morgan fingerprint density at radius 1 is 0.239 bits per heavy atom. The van der Waals surface area contributed by atoms with E-state index in [0.717, 1.165) is 84.1 Å². The number of para-hydroxylation sites is 2. The van der Waals surface area contributed by atoms with Gasteiger partial charge in [0.1, 0.15) is 0 Å². The molecule has 0 fully saturated rings. The van der Waals surface area contributed by atoms with Crippen molar-refractivity contribution >= 4 is 107 Å². The minimum atomic E-state index is 0.683. The highest BCUT2D eigenvalue weighted by Crippen LogP contribution is 2.48. The van der Waals surface area contributed by atoms with Crippen molar-refractivity contribution in [1.29, 1.82) is 0 Å². The Morgan fingerprint density at radius 2 is 0.636 bits per heavy atom. The fourth-order valence-corrected chi connectivity index (χ4v) is 15.9. The van der Waals surface area contributed by atoms with Gasteiger partial charge in [0.15, 0.2) is 11.6 Å². The van der Waals surface area contributed by atoms with Gasteiger partial charge in [0.25, 0.3) is 0 Å². The zero-order valence-electron chi connectivity index (χ0n) is 47.2. The Morgan fingerprint density at radius 3 is 1.22 bits per heavy atom. The molecule has 8 heteroatoms. The summed E-state index contributed by atoms with van der Waals surface area (Å²) < 4.78 is 9.97. The Labute approximate surface area is 513 Å². The van der Waals surface area contributed by atoms with E-state index in [1.54, 1.807) is 0 Å². The molecule has 18 rings (SSSR count). The normalized spacial score (nSPS) is 11.9. The molecule has 6 heterocycles. The van der Waals surface area contributed by atoms with Gasteiger partial charge in [0, 0.05) is 107 Å². The van der Waals surface area contributed by atoms with E-state index in [1.807, 2.05) is 40.9 Å². The molecule has 0 spiro atoms. The van der Waals surface area contributed by atoms with Gasteiger partial charge in [-0.2, -0.15) is 0 Å². The van der Waals surface area contributed by atoms with E-state index in [9.17, 15) is 0 Å². The summed E-state index contributed by atoms with van der Waals surface area (Å²) in [5.41, 5.74) is 18.8. The van der Waals surface area contributed by atoms with Crippen LogP contribution >= 0.6 is 22.7 Å². The van der Waals surface area contributed by atoms with E-state index >= 15 is 0 Å². The summed E-state index contributed by atoms with van der Waals surface area (Å²) in [5, 5.41) is 10.1. The van der Waals surface area contributed by atoms with Crippen LogP contribution in [0.1, 0.15) is 0 Å². The zero-order chi connectivity index (χ0) is 57.8. The fraction of sp³-hybridized carbons (Fsp3) is 0. The number of hydrogen-bond donors (Lipinski definition) is 0. The molecule has 0 saturated heterocycles. The molecule has 0 saturated carbocycles. The van der Waals surface area contributed by atoms with E-state index in [-0.39, 0.29) is 0 Å². The topological polar surface area (TPSA) is 61.4 Å². The van der Waals surface area contributed by atoms with Crippen molar-refractivity contribution in [2.45, 2.75) is 0 Å². The molecule has 0 bridgehead atoms. The van der Waals surface area contributed by atoms with Crippen LogP contribution in [0.2, 0.25) is 0 Å². The molecule has 6 nitrogen and oxygen atoms in total. The van der Waals surface area contributed by atoms with Crippen molar-refractivity contribution < 1.29 is 0 Å². The number of fused-ring (bicyclic) bond motifs is 14. The number of aromatic nitrogens is 6. The van der Waals surface area contributed by atoms with Crippen LogP contribution in [-0.2, 0) is 0 Å². The summed E-state index contributed by atoms with van der Waals surface area (Å²) in [7, 11) is 0. The summed E-state index contributed by atoms with van der Waals surface area (Å²) >= 11 is 3.76. The first-order valence-corrected chi connectivity index (χ1v) is 31.2. The summed E-state index contributed by atoms with van der Waals surface area (Å²) in [6, 6.07) is 104. The third-order valence-corrected chi connectivity index (χ3v) is 19.9. The molecule has 0 unspecified atom stereocenters. The summed E-state index contributed by atoms with van der Waals surface area (Å²) in [6.45, 7) is 0. The second-order valence-corrected chi connectivity index (χ2v) is 24.5. The van der Waals surface area contributed by atoms with Gasteiger partial charge < -0.3 is 9.13 Å². The van der Waals surface area contributed by atoms with Gasteiger partial charge in [-0.1, -0.05) is 206 Å². The molecule has 0 aliphatic carbocycles. The van der Waals surface area contributed by atoms with E-state index in [1.165, 1.54) is 78.5 Å². The first-order chi connectivity index (χ1) is 43.6. The molecule has 0 radical (unpaired) electrons. The fourth-order valence-electron chi connectivity index (χ4n) is 13.3. The second kappa shape index (κ2) is 20.2. The monoisotopic (exact) mass is 1160 g/mol. The molecule has 0 aliphatic heterocycles. The van der Waals surface area contributed by atoms with Crippen LogP contribution in [0.4, 0.5) is 0 Å². The Kier molecular flexibility index (Phi) is 11.5. The smallest absolute Gasteiger partial charge is 0.160 e. The van der Waals surface area contributed by atoms with Crippen molar-refractivity contribution in [1.82, 2.24) is 29.1 Å². The number of thiophene rings is 2. The Balaban J connectivity index is 0.716. The predicted octanol–water partition coefficient (Wildman–Crippen LogP) is 21.9. The molecule has 0 atom stereocenters. The van der Waals surface area contributed by atoms with Crippen molar-refractivity contribution in [2.75, 3.05) is 0 Å². The van der Waals surface area contributed by atoms with Crippen molar-refractivity contribution in [3.8, 4) is 90.3 Å². The minimum absolute atomic E-state index is 0.683. The second-order valence-electron chi connectivity index (χ2n) is 22.5. The van der Waals surface area contributed by atoms with Crippen LogP contribution in [-0.4, -0.2) is 29.1 Å². The largest absolute Gasteiger partial charge is 0.309 e. The van der Waals surface area contributed by atoms with Crippen LogP contribution in [0.25, 0.3) is 174 Å². The van der Waals surface area contributed by atoms with Gasteiger partial charge in [-0.05, 0) is 96.1 Å². The standard InChI is InChI=1S/C80H48N6S2/c1-4-18-49(19-5-1)65-47-66(50-20-6-2-7-21-50)82-80(81-65)53-36-40-57(41-37-53)86-70-32-14-11-28-64(70)75-72(86)45-43-62-60-30-17-29-58(76(60)88-78(62)75)54-24-16-25-55(46-54)68-48-67(83-79(84-68)52-22-8-3-9-23-52)51-34-38-56(39-35-51)85-69-31-13-10-27-63(69)74-71(85)44-42-61-59-26-12-15-33-73(59)87-77(61)74/h1-48H. The first kappa shape index (κ1) is 50.2. The van der Waals surface area contributed by atoms with Gasteiger partial charge in [-0.3, -0.25) is 0 Å². The van der Waals surface area contributed by atoms with Gasteiger partial charge in [0.2, 0.25) is 0 Å². The zero-order valence-corrected chi connectivity index (χ0v) is 48.8. The Bertz CT molecular complexity index is 5730. The van der Waals surface area contributed by atoms with Crippen LogP contribution < -0.4 is 0 Å². The van der Waals surface area contributed by atoms with E-state index in [0.29, 0.717) is 11.6 Å². The maximum Gasteiger partial charge on any atom is 0.160 e. The van der Waals surface area contributed by atoms with Gasteiger partial charge in [0.05, 0.1) is 44.8 Å². The molecular formula is C80H48N6S2. The quantitative estimate of drug-likeness (QED) is 0.144. The molecule has 0 aliphatic rings. The van der Waals surface area contributed by atoms with Crippen molar-refractivity contribution in [2.24, 2.45) is 0 Å². The van der Waals surface area contributed by atoms with E-state index in [2.05, 4.69) is 282 Å². The number of nitrogens with zero attached hydrogens (tertiary/aromatic N) is 6. The van der Waals surface area contributed by atoms with Gasteiger partial charge in [-0.15, -0.1) is 22.7 Å². The highest BCUT2D eigenvalue weighted by Gasteiger charge is 2.22. The molecule has 88 heavy (non-hydrogen) atoms. The lowest BCUT2D eigenvalue weighted by atomic mass is 9.98. The number of benzene rings is 12. The maximum absolute atomic E-state index is 5.32. The van der Waals surface area contributed by atoms with Crippen LogP contribution in [0.5, 0.6) is 0 Å². The predicted molar refractivity (Wildman–Crippen MR) is 370 cm³/mol. The molecule has 0 amide bonds. The van der Waals surface area contributed by atoms with E-state index in [4.69, 9.17) is 19.9 Å². The highest BCUT2D eigenvalue weighted by atomic mass is 32.1. The average molecular weight is 1160 g/mol.